The lowest BCUT2D eigenvalue weighted by Crippen LogP contribution is -2.62. The molecule has 1 unspecified atom stereocenters. The summed E-state index contributed by atoms with van der Waals surface area (Å²) >= 11 is 0. The van der Waals surface area contributed by atoms with Gasteiger partial charge in [0.05, 0.1) is 23.2 Å². The molecule has 0 bridgehead atoms. The van der Waals surface area contributed by atoms with Crippen LogP contribution in [0.25, 0.3) is 0 Å². The molecule has 1 saturated carbocycles. The molecule has 2 amide bonds. The zero-order valence-corrected chi connectivity index (χ0v) is 18.9. The normalized spacial score (nSPS) is 25.7. The van der Waals surface area contributed by atoms with E-state index < -0.39 is 5.92 Å². The molecule has 2 aromatic rings. The second-order valence-electron chi connectivity index (χ2n) is 9.85. The predicted octanol–water partition coefficient (Wildman–Crippen LogP) is 2.88. The van der Waals surface area contributed by atoms with Crippen LogP contribution in [-0.4, -0.2) is 40.6 Å². The number of piperidine rings is 1. The maximum absolute atomic E-state index is 12.2. The molecule has 2 aliphatic heterocycles. The van der Waals surface area contributed by atoms with E-state index in [1.54, 1.807) is 6.07 Å². The number of nitriles is 1. The Morgan fingerprint density at radius 3 is 2.85 bits per heavy atom. The molecule has 33 heavy (non-hydrogen) atoms. The molecule has 9 heteroatoms. The maximum atomic E-state index is 12.2. The van der Waals surface area contributed by atoms with Crippen molar-refractivity contribution < 1.29 is 14.0 Å². The van der Waals surface area contributed by atoms with E-state index in [2.05, 4.69) is 45.6 Å². The maximum Gasteiger partial charge on any atom is 0.315 e. The van der Waals surface area contributed by atoms with Gasteiger partial charge in [0.15, 0.2) is 0 Å². The van der Waals surface area contributed by atoms with Crippen molar-refractivity contribution in [2.75, 3.05) is 16.8 Å². The van der Waals surface area contributed by atoms with Crippen LogP contribution >= 0.6 is 0 Å². The molecule has 2 saturated heterocycles. The van der Waals surface area contributed by atoms with E-state index in [4.69, 9.17) is 4.42 Å². The van der Waals surface area contributed by atoms with Crippen LogP contribution < -0.4 is 15.5 Å². The third kappa shape index (κ3) is 4.30. The van der Waals surface area contributed by atoms with Gasteiger partial charge in [-0.2, -0.15) is 5.26 Å². The molecule has 5 rings (SSSR count). The van der Waals surface area contributed by atoms with E-state index in [1.165, 1.54) is 12.8 Å². The molecule has 2 N–H and O–H groups in total. The molecular formula is C24H28N6O3. The molecule has 0 spiro atoms. The first-order valence-electron chi connectivity index (χ1n) is 11.6. The first-order chi connectivity index (χ1) is 15.8. The fourth-order valence-electron chi connectivity index (χ4n) is 4.66. The molecule has 172 valence electrons. The number of aromatic nitrogens is 2. The highest BCUT2D eigenvalue weighted by molar-refractivity contribution is 6.01. The highest BCUT2D eigenvalue weighted by Crippen LogP contribution is 2.48. The summed E-state index contributed by atoms with van der Waals surface area (Å²) in [5.74, 6) is -0.270. The molecular weight excluding hydrogens is 420 g/mol. The van der Waals surface area contributed by atoms with E-state index in [1.807, 2.05) is 12.1 Å². The minimum absolute atomic E-state index is 0.124. The Morgan fingerprint density at radius 1 is 1.33 bits per heavy atom. The summed E-state index contributed by atoms with van der Waals surface area (Å²) in [6, 6.07) is 8.51. The highest BCUT2D eigenvalue weighted by Gasteiger charge is 2.39. The average molecular weight is 449 g/mol. The fraction of sp³-hybridized carbons (Fsp3) is 0.542. The van der Waals surface area contributed by atoms with Gasteiger partial charge in [0.1, 0.15) is 6.07 Å². The average Bonchev–Trinajstić information content (AvgIpc) is 3.36. The minimum Gasteiger partial charge on any atom is -0.408 e. The van der Waals surface area contributed by atoms with Crippen LogP contribution in [0.3, 0.4) is 0 Å². The topological polar surface area (TPSA) is 124 Å². The Morgan fingerprint density at radius 2 is 2.15 bits per heavy atom. The summed E-state index contributed by atoms with van der Waals surface area (Å²) in [6.07, 6.45) is 5.22. The second-order valence-corrected chi connectivity index (χ2v) is 9.85. The van der Waals surface area contributed by atoms with E-state index in [-0.39, 0.29) is 23.9 Å². The highest BCUT2D eigenvalue weighted by atomic mass is 16.4. The number of carbonyl (C=O) groups excluding carboxylic acids is 2. The van der Waals surface area contributed by atoms with Crippen LogP contribution in [0.5, 0.6) is 0 Å². The first-order valence-corrected chi connectivity index (χ1v) is 11.6. The molecule has 3 fully saturated rings. The van der Waals surface area contributed by atoms with Gasteiger partial charge in [-0.25, -0.2) is 0 Å². The summed E-state index contributed by atoms with van der Waals surface area (Å²) < 4.78 is 5.78. The Kier molecular flexibility index (Phi) is 5.31. The number of nitrogens with one attached hydrogen (secondary N) is 2. The van der Waals surface area contributed by atoms with E-state index in [0.717, 1.165) is 24.1 Å². The van der Waals surface area contributed by atoms with Crippen molar-refractivity contribution in [2.24, 2.45) is 5.41 Å². The monoisotopic (exact) mass is 448 g/mol. The van der Waals surface area contributed by atoms with Gasteiger partial charge in [-0.3, -0.25) is 14.9 Å². The van der Waals surface area contributed by atoms with Gasteiger partial charge in [-0.05, 0) is 55.7 Å². The first kappa shape index (κ1) is 21.4. The van der Waals surface area contributed by atoms with Crippen LogP contribution in [0.2, 0.25) is 0 Å². The van der Waals surface area contributed by atoms with Crippen molar-refractivity contribution in [2.45, 2.75) is 70.4 Å². The van der Waals surface area contributed by atoms with Crippen LogP contribution in [-0.2, 0) is 16.0 Å². The Balaban J connectivity index is 1.21. The third-order valence-corrected chi connectivity index (χ3v) is 7.38. The number of hydrogen-bond acceptors (Lipinski definition) is 8. The van der Waals surface area contributed by atoms with Crippen LogP contribution in [0.1, 0.15) is 68.9 Å². The number of hydrogen-bond donors (Lipinski definition) is 2. The van der Waals surface area contributed by atoms with E-state index >= 15 is 0 Å². The number of imide groups is 1. The Bertz CT molecular complexity index is 1130. The predicted molar refractivity (Wildman–Crippen MR) is 120 cm³/mol. The molecule has 1 aliphatic carbocycles. The second kappa shape index (κ2) is 8.18. The molecule has 3 atom stereocenters. The minimum atomic E-state index is -0.402. The quantitative estimate of drug-likeness (QED) is 0.620. The number of anilines is 2. The number of benzene rings is 1. The summed E-state index contributed by atoms with van der Waals surface area (Å²) in [5.41, 5.74) is 2.58. The summed E-state index contributed by atoms with van der Waals surface area (Å²) in [5, 5.41) is 23.7. The van der Waals surface area contributed by atoms with Gasteiger partial charge in [-0.1, -0.05) is 18.1 Å². The molecule has 0 radical (unpaired) electrons. The number of nitrogens with zero attached hydrogens (tertiary/aromatic N) is 4. The lowest BCUT2D eigenvalue weighted by molar-refractivity contribution is -0.134. The Labute approximate surface area is 192 Å². The van der Waals surface area contributed by atoms with Gasteiger partial charge < -0.3 is 14.6 Å². The van der Waals surface area contributed by atoms with Gasteiger partial charge in [0.25, 0.3) is 0 Å². The van der Waals surface area contributed by atoms with E-state index in [0.29, 0.717) is 42.3 Å². The van der Waals surface area contributed by atoms with Gasteiger partial charge in [-0.15, -0.1) is 5.10 Å². The summed E-state index contributed by atoms with van der Waals surface area (Å²) in [4.78, 5) is 25.8. The number of aryl methyl sites for hydroxylation is 1. The van der Waals surface area contributed by atoms with Crippen molar-refractivity contribution in [3.63, 3.8) is 0 Å². The zero-order valence-electron chi connectivity index (χ0n) is 18.9. The van der Waals surface area contributed by atoms with E-state index in [9.17, 15) is 14.9 Å². The molecule has 9 nitrogen and oxygen atoms in total. The largest absolute Gasteiger partial charge is 0.408 e. The number of amides is 2. The summed E-state index contributed by atoms with van der Waals surface area (Å²) in [7, 11) is 0. The van der Waals surface area contributed by atoms with Crippen LogP contribution in [0.4, 0.5) is 11.7 Å². The lowest BCUT2D eigenvalue weighted by atomic mass is 9.88. The Hall–Kier alpha value is -3.41. The van der Waals surface area contributed by atoms with Crippen molar-refractivity contribution in [3.8, 4) is 6.07 Å². The molecule has 3 aliphatic rings. The smallest absolute Gasteiger partial charge is 0.315 e. The number of rotatable bonds is 7. The van der Waals surface area contributed by atoms with Crippen molar-refractivity contribution in [1.29, 1.82) is 5.26 Å². The van der Waals surface area contributed by atoms with Crippen LogP contribution in [0.15, 0.2) is 22.6 Å². The number of carbonyl (C=O) groups is 2. The molecule has 1 aromatic carbocycles. The van der Waals surface area contributed by atoms with Gasteiger partial charge in [0.2, 0.25) is 17.7 Å². The van der Waals surface area contributed by atoms with Crippen LogP contribution in [0, 0.1) is 16.7 Å². The standard InChI is InChI=1S/C24H28N6O3/c1-14-18(26-23-29-28-21(33-23)7-8-24(2)9-10-24)13-30(14)19-5-3-15(11-16(19)12-25)17-4-6-20(31)27-22(17)32/h3,5,11,14,17-18H,4,6-10,13H2,1-2H3,(H,26,29)(H,27,31,32)/t14-,17?,18+/m1/s1. The van der Waals surface area contributed by atoms with Gasteiger partial charge >= 0.3 is 6.01 Å². The van der Waals surface area contributed by atoms with Gasteiger partial charge in [0, 0.05) is 25.4 Å². The SMILES string of the molecule is C[C@@H]1[C@@H](Nc2nnc(CCC3(C)CC3)o2)CN1c1ccc(C2CCC(=O)NC2=O)cc1C#N. The molecule has 1 aromatic heterocycles. The fourth-order valence-corrected chi connectivity index (χ4v) is 4.66. The summed E-state index contributed by atoms with van der Waals surface area (Å²) in [6.45, 7) is 5.07. The zero-order chi connectivity index (χ0) is 23.2. The molecule has 3 heterocycles. The van der Waals surface area contributed by atoms with Crippen molar-refractivity contribution >= 4 is 23.5 Å². The lowest BCUT2D eigenvalue weighted by Gasteiger charge is -2.48. The third-order valence-electron chi connectivity index (χ3n) is 7.38. The van der Waals surface area contributed by atoms with Crippen molar-refractivity contribution in [1.82, 2.24) is 15.5 Å². The van der Waals surface area contributed by atoms with Crippen molar-refractivity contribution in [3.05, 3.63) is 35.2 Å².